The molecule has 0 fully saturated rings. The molecule has 0 saturated heterocycles. The second-order valence-electron chi connectivity index (χ2n) is 1.37. The van der Waals surface area contributed by atoms with E-state index in [0.717, 1.165) is 5.19 Å². The molecule has 34 valence electrons. The molecular weight excluding hydrogens is 100 g/mol. The smallest absolute Gasteiger partial charge is 0.0625 e. The van der Waals surface area contributed by atoms with Crippen LogP contribution in [0.4, 0.5) is 0 Å². The summed E-state index contributed by atoms with van der Waals surface area (Å²) in [5.41, 5.74) is 0. The van der Waals surface area contributed by atoms with Crippen molar-refractivity contribution in [3.05, 3.63) is 30.3 Å². The van der Waals surface area contributed by atoms with E-state index in [-0.39, 0.29) is 0 Å². The summed E-state index contributed by atoms with van der Waals surface area (Å²) in [7, 11) is 3.36. The molecule has 7 heavy (non-hydrogen) atoms. The Hall–Kier alpha value is -0.563. The monoisotopic (exact) mass is 105 g/mol. The number of hydrogen-bond donors (Lipinski definition) is 0. The Morgan fingerprint density at radius 1 is 1.00 bits per heavy atom. The first-order valence-corrected chi connectivity index (χ1v) is 2.66. The Bertz CT molecular complexity index is 134. The van der Waals surface area contributed by atoms with Crippen molar-refractivity contribution in [3.63, 3.8) is 0 Å². The minimum absolute atomic E-state index is 1.13. The average molecular weight is 105 g/mol. The van der Waals surface area contributed by atoms with Crippen LogP contribution in [-0.4, -0.2) is 10.2 Å². The van der Waals surface area contributed by atoms with Crippen LogP contribution in [0.15, 0.2) is 30.3 Å². The Balaban J connectivity index is 3.02. The number of rotatable bonds is 0. The van der Waals surface area contributed by atoms with Crippen molar-refractivity contribution in [3.8, 4) is 0 Å². The van der Waals surface area contributed by atoms with Gasteiger partial charge in [-0.2, -0.15) is 0 Å². The molecule has 0 unspecified atom stereocenters. The summed E-state index contributed by atoms with van der Waals surface area (Å²) in [5, 5.41) is 1.13. The van der Waals surface area contributed by atoms with Gasteiger partial charge in [-0.1, -0.05) is 30.3 Å². The van der Waals surface area contributed by atoms with Gasteiger partial charge in [-0.25, -0.2) is 0 Å². The topological polar surface area (TPSA) is 0 Å². The molecule has 1 heteroatoms. The van der Waals surface area contributed by atoms with Crippen LogP contribution in [0.1, 0.15) is 0 Å². The fraction of sp³-hybridized carbons (Fsp3) is 0. The van der Waals surface area contributed by atoms with Crippen molar-refractivity contribution in [2.24, 2.45) is 0 Å². The fourth-order valence-corrected chi connectivity index (χ4v) is 0.631. The predicted octanol–water partition coefficient (Wildman–Crippen LogP) is 0.480. The highest BCUT2D eigenvalue weighted by Crippen LogP contribution is 1.76. The van der Waals surface area contributed by atoms with Crippen LogP contribution in [0, 0.1) is 0 Å². The van der Waals surface area contributed by atoms with Crippen LogP contribution >= 0.6 is 0 Å². The van der Waals surface area contributed by atoms with Crippen molar-refractivity contribution in [1.29, 1.82) is 0 Å². The van der Waals surface area contributed by atoms with E-state index in [0.29, 0.717) is 0 Å². The molecule has 0 N–H and O–H groups in total. The van der Waals surface area contributed by atoms with Gasteiger partial charge in [-0.15, -0.1) is 0 Å². The highest BCUT2D eigenvalue weighted by molar-refractivity contribution is 6.32. The van der Waals surface area contributed by atoms with E-state index in [9.17, 15) is 0 Å². The fourth-order valence-electron chi connectivity index (χ4n) is 0.438. The maximum atomic E-state index is 3.36. The van der Waals surface area contributed by atoms with Gasteiger partial charge in [0.15, 0.2) is 0 Å². The highest BCUT2D eigenvalue weighted by Gasteiger charge is 1.61. The van der Waals surface area contributed by atoms with Crippen LogP contribution < -0.4 is 5.19 Å². The normalized spacial score (nSPS) is 8.57. The van der Waals surface area contributed by atoms with E-state index in [4.69, 9.17) is 0 Å². The number of benzene rings is 1. The van der Waals surface area contributed by atoms with Gasteiger partial charge in [0, 0.05) is 0 Å². The van der Waals surface area contributed by atoms with Crippen molar-refractivity contribution in [2.45, 2.75) is 0 Å². The molecule has 0 atom stereocenters. The summed E-state index contributed by atoms with van der Waals surface area (Å²) in [6.07, 6.45) is 0. The summed E-state index contributed by atoms with van der Waals surface area (Å²) in [6, 6.07) is 9.96. The zero-order valence-electron chi connectivity index (χ0n) is 3.89. The molecule has 0 nitrogen and oxygen atoms in total. The largest absolute Gasteiger partial charge is 0.652 e. The van der Waals surface area contributed by atoms with Crippen LogP contribution in [0.2, 0.25) is 0 Å². The number of hydrogen-bond acceptors (Lipinski definition) is 0. The summed E-state index contributed by atoms with van der Waals surface area (Å²) >= 11 is 0. The lowest BCUT2D eigenvalue weighted by atomic mass is 10.4. The molecule has 0 spiro atoms. The molecule has 0 aliphatic rings. The third-order valence-corrected chi connectivity index (χ3v) is 1.11. The van der Waals surface area contributed by atoms with Crippen molar-refractivity contribution in [2.75, 3.05) is 0 Å². The molecule has 0 aliphatic carbocycles. The van der Waals surface area contributed by atoms with Crippen molar-refractivity contribution < 1.29 is 0 Å². The van der Waals surface area contributed by atoms with Crippen molar-refractivity contribution >= 4 is 15.4 Å². The van der Waals surface area contributed by atoms with E-state index in [2.05, 4.69) is 10.2 Å². The minimum Gasteiger partial charge on any atom is -0.652 e. The highest BCUT2D eigenvalue weighted by atomic mass is 28.1. The first kappa shape index (κ1) is 4.59. The second-order valence-corrected chi connectivity index (χ2v) is 1.94. The summed E-state index contributed by atoms with van der Waals surface area (Å²) < 4.78 is 0. The van der Waals surface area contributed by atoms with E-state index >= 15 is 0 Å². The van der Waals surface area contributed by atoms with Gasteiger partial charge in [0.25, 0.3) is 0 Å². The zero-order valence-corrected chi connectivity index (χ0v) is 4.89. The van der Waals surface area contributed by atoms with Gasteiger partial charge in [0.2, 0.25) is 0 Å². The lowest BCUT2D eigenvalue weighted by Crippen LogP contribution is -1.97. The SMILES string of the molecule is [Si-]c1ccccc1. The molecule has 0 aromatic heterocycles. The Labute approximate surface area is 46.6 Å². The molecule has 0 bridgehead atoms. The van der Waals surface area contributed by atoms with Gasteiger partial charge in [0.1, 0.15) is 0 Å². The van der Waals surface area contributed by atoms with E-state index in [1.165, 1.54) is 0 Å². The molecule has 1 aromatic carbocycles. The zero-order chi connectivity index (χ0) is 5.11. The van der Waals surface area contributed by atoms with E-state index in [1.807, 2.05) is 30.3 Å². The van der Waals surface area contributed by atoms with Crippen molar-refractivity contribution in [1.82, 2.24) is 0 Å². The first-order valence-electron chi connectivity index (χ1n) is 2.16. The lowest BCUT2D eigenvalue weighted by molar-refractivity contribution is 1.78. The first-order chi connectivity index (χ1) is 3.39. The molecule has 1 rings (SSSR count). The van der Waals surface area contributed by atoms with Crippen LogP contribution in [-0.2, 0) is 0 Å². The second kappa shape index (κ2) is 1.94. The predicted molar refractivity (Wildman–Crippen MR) is 31.8 cm³/mol. The van der Waals surface area contributed by atoms with E-state index < -0.39 is 0 Å². The maximum absolute atomic E-state index is 3.36. The van der Waals surface area contributed by atoms with Gasteiger partial charge in [-0.05, 0) is 0 Å². The van der Waals surface area contributed by atoms with Crippen LogP contribution in [0.25, 0.3) is 0 Å². The molecule has 0 saturated carbocycles. The van der Waals surface area contributed by atoms with Gasteiger partial charge in [0.05, 0.1) is 0 Å². The van der Waals surface area contributed by atoms with Gasteiger partial charge in [-0.3, -0.25) is 5.19 Å². The maximum Gasteiger partial charge on any atom is -0.0625 e. The van der Waals surface area contributed by atoms with Gasteiger partial charge < -0.3 is 10.2 Å². The Morgan fingerprint density at radius 3 is 1.86 bits per heavy atom. The molecule has 1 aromatic rings. The third kappa shape index (κ3) is 1.16. The average Bonchev–Trinajstić information content (AvgIpc) is 1.69. The van der Waals surface area contributed by atoms with Crippen LogP contribution in [0.3, 0.4) is 0 Å². The summed E-state index contributed by atoms with van der Waals surface area (Å²) in [5.74, 6) is 0. The molecule has 2 radical (unpaired) electrons. The molecular formula is C6H5Si-. The lowest BCUT2D eigenvalue weighted by Gasteiger charge is -1.99. The third-order valence-electron chi connectivity index (χ3n) is 0.774. The van der Waals surface area contributed by atoms with Gasteiger partial charge >= 0.3 is 0 Å². The van der Waals surface area contributed by atoms with Crippen LogP contribution in [0.5, 0.6) is 0 Å². The quantitative estimate of drug-likeness (QED) is 0.421. The Morgan fingerprint density at radius 2 is 1.57 bits per heavy atom. The summed E-state index contributed by atoms with van der Waals surface area (Å²) in [6.45, 7) is 0. The van der Waals surface area contributed by atoms with E-state index in [1.54, 1.807) is 0 Å². The molecule has 0 heterocycles. The standard InChI is InChI=1S/C6H5Si/c7-6-4-2-1-3-5-6/h1-5H/q-1. The minimum atomic E-state index is 1.13. The summed E-state index contributed by atoms with van der Waals surface area (Å²) in [4.78, 5) is 0. The molecule has 0 aliphatic heterocycles. The molecule has 0 amide bonds. The Kier molecular flexibility index (Phi) is 1.27.